The Hall–Kier alpha value is -1.76. The SMILES string of the molecule is CC(CCC(C)c1ccc(O)cc1)c1ccccc1. The van der Waals surface area contributed by atoms with Crippen molar-refractivity contribution in [3.8, 4) is 5.75 Å². The second kappa shape index (κ2) is 6.42. The molecule has 1 heteroatoms. The van der Waals surface area contributed by atoms with Gasteiger partial charge in [-0.15, -0.1) is 0 Å². The molecule has 100 valence electrons. The van der Waals surface area contributed by atoms with Gasteiger partial charge in [0.1, 0.15) is 5.75 Å². The van der Waals surface area contributed by atoms with Gasteiger partial charge in [0, 0.05) is 0 Å². The molecule has 0 heterocycles. The van der Waals surface area contributed by atoms with Crippen LogP contribution in [0.5, 0.6) is 5.75 Å². The first-order chi connectivity index (χ1) is 9.16. The molecule has 2 atom stereocenters. The fourth-order valence-electron chi connectivity index (χ4n) is 2.42. The zero-order valence-electron chi connectivity index (χ0n) is 11.7. The maximum Gasteiger partial charge on any atom is 0.115 e. The predicted octanol–water partition coefficient (Wildman–Crippen LogP) is 5.08. The first-order valence-electron chi connectivity index (χ1n) is 7.00. The highest BCUT2D eigenvalue weighted by molar-refractivity contribution is 5.28. The molecule has 0 fully saturated rings. The number of phenols is 1. The van der Waals surface area contributed by atoms with Gasteiger partial charge in [0.25, 0.3) is 0 Å². The summed E-state index contributed by atoms with van der Waals surface area (Å²) in [4.78, 5) is 0. The molecule has 0 bridgehead atoms. The van der Waals surface area contributed by atoms with Crippen LogP contribution in [0.2, 0.25) is 0 Å². The van der Waals surface area contributed by atoms with E-state index in [2.05, 4.69) is 44.2 Å². The van der Waals surface area contributed by atoms with Gasteiger partial charge >= 0.3 is 0 Å². The Morgan fingerprint density at radius 2 is 1.21 bits per heavy atom. The van der Waals surface area contributed by atoms with Gasteiger partial charge in [0.2, 0.25) is 0 Å². The van der Waals surface area contributed by atoms with Crippen LogP contribution in [0.3, 0.4) is 0 Å². The molecule has 0 amide bonds. The topological polar surface area (TPSA) is 20.2 Å². The number of benzene rings is 2. The molecule has 0 saturated heterocycles. The molecule has 2 aromatic carbocycles. The van der Waals surface area contributed by atoms with E-state index in [-0.39, 0.29) is 0 Å². The summed E-state index contributed by atoms with van der Waals surface area (Å²) in [5.41, 5.74) is 2.72. The van der Waals surface area contributed by atoms with Gasteiger partial charge in [-0.25, -0.2) is 0 Å². The lowest BCUT2D eigenvalue weighted by Crippen LogP contribution is -1.98. The van der Waals surface area contributed by atoms with Gasteiger partial charge in [-0.05, 0) is 47.9 Å². The summed E-state index contributed by atoms with van der Waals surface area (Å²) in [7, 11) is 0. The van der Waals surface area contributed by atoms with Crippen LogP contribution in [0.25, 0.3) is 0 Å². The molecule has 1 N–H and O–H groups in total. The van der Waals surface area contributed by atoms with Crippen LogP contribution < -0.4 is 0 Å². The lowest BCUT2D eigenvalue weighted by molar-refractivity contribution is 0.474. The van der Waals surface area contributed by atoms with Gasteiger partial charge in [0.05, 0.1) is 0 Å². The largest absolute Gasteiger partial charge is 0.508 e. The third-order valence-corrected chi connectivity index (χ3v) is 3.86. The molecule has 0 spiro atoms. The lowest BCUT2D eigenvalue weighted by atomic mass is 9.89. The summed E-state index contributed by atoms with van der Waals surface area (Å²) in [6.45, 7) is 4.54. The number of hydrogen-bond acceptors (Lipinski definition) is 1. The normalized spacial score (nSPS) is 14.0. The number of rotatable bonds is 5. The van der Waals surface area contributed by atoms with Crippen molar-refractivity contribution in [3.05, 3.63) is 65.7 Å². The third-order valence-electron chi connectivity index (χ3n) is 3.86. The summed E-state index contributed by atoms with van der Waals surface area (Å²) in [6.07, 6.45) is 2.35. The molecule has 0 radical (unpaired) electrons. The molecule has 19 heavy (non-hydrogen) atoms. The van der Waals surface area contributed by atoms with Crippen LogP contribution in [0, 0.1) is 0 Å². The summed E-state index contributed by atoms with van der Waals surface area (Å²) >= 11 is 0. The average molecular weight is 254 g/mol. The number of phenolic OH excluding ortho intramolecular Hbond substituents is 1. The minimum atomic E-state index is 0.341. The fourth-order valence-corrected chi connectivity index (χ4v) is 2.42. The molecule has 0 aliphatic carbocycles. The van der Waals surface area contributed by atoms with Crippen molar-refractivity contribution in [1.82, 2.24) is 0 Å². The summed E-state index contributed by atoms with van der Waals surface area (Å²) in [5.74, 6) is 1.47. The van der Waals surface area contributed by atoms with E-state index in [0.29, 0.717) is 17.6 Å². The Bertz CT molecular complexity index is 487. The monoisotopic (exact) mass is 254 g/mol. The van der Waals surface area contributed by atoms with Crippen molar-refractivity contribution in [2.75, 3.05) is 0 Å². The second-order valence-corrected chi connectivity index (χ2v) is 5.38. The minimum absolute atomic E-state index is 0.341. The first-order valence-corrected chi connectivity index (χ1v) is 7.00. The highest BCUT2D eigenvalue weighted by atomic mass is 16.3. The molecule has 1 nitrogen and oxygen atoms in total. The van der Waals surface area contributed by atoms with E-state index in [9.17, 15) is 5.11 Å². The van der Waals surface area contributed by atoms with E-state index in [1.54, 1.807) is 12.1 Å². The molecule has 0 aliphatic rings. The molecule has 2 unspecified atom stereocenters. The Morgan fingerprint density at radius 3 is 1.74 bits per heavy atom. The molecule has 0 saturated carbocycles. The zero-order valence-corrected chi connectivity index (χ0v) is 11.7. The molecular formula is C18H22O. The standard InChI is InChI=1S/C18H22O/c1-14(16-6-4-3-5-7-16)8-9-15(2)17-10-12-18(19)13-11-17/h3-7,10-15,19H,8-9H2,1-2H3. The number of aromatic hydroxyl groups is 1. The quantitative estimate of drug-likeness (QED) is 0.789. The van der Waals surface area contributed by atoms with E-state index in [0.717, 1.165) is 0 Å². The lowest BCUT2D eigenvalue weighted by Gasteiger charge is -2.16. The van der Waals surface area contributed by atoms with Crippen molar-refractivity contribution in [1.29, 1.82) is 0 Å². The van der Waals surface area contributed by atoms with Gasteiger partial charge in [-0.2, -0.15) is 0 Å². The molecule has 2 rings (SSSR count). The molecule has 2 aromatic rings. The smallest absolute Gasteiger partial charge is 0.115 e. The summed E-state index contributed by atoms with van der Waals surface area (Å²) in [6, 6.07) is 18.3. The molecule has 0 aromatic heterocycles. The molecule has 0 aliphatic heterocycles. The maximum absolute atomic E-state index is 9.31. The van der Waals surface area contributed by atoms with Crippen LogP contribution >= 0.6 is 0 Å². The third kappa shape index (κ3) is 3.85. The van der Waals surface area contributed by atoms with Crippen LogP contribution in [0.15, 0.2) is 54.6 Å². The van der Waals surface area contributed by atoms with Crippen LogP contribution in [0.1, 0.15) is 49.7 Å². The van der Waals surface area contributed by atoms with E-state index >= 15 is 0 Å². The van der Waals surface area contributed by atoms with Crippen molar-refractivity contribution in [3.63, 3.8) is 0 Å². The van der Waals surface area contributed by atoms with Crippen LogP contribution in [0.4, 0.5) is 0 Å². The maximum atomic E-state index is 9.31. The average Bonchev–Trinajstić information content (AvgIpc) is 2.46. The Morgan fingerprint density at radius 1 is 0.737 bits per heavy atom. The van der Waals surface area contributed by atoms with E-state index in [1.165, 1.54) is 24.0 Å². The van der Waals surface area contributed by atoms with Crippen molar-refractivity contribution in [2.24, 2.45) is 0 Å². The van der Waals surface area contributed by atoms with Crippen LogP contribution in [-0.2, 0) is 0 Å². The van der Waals surface area contributed by atoms with E-state index in [4.69, 9.17) is 0 Å². The Labute approximate surface area is 115 Å². The Balaban J connectivity index is 1.90. The van der Waals surface area contributed by atoms with E-state index in [1.807, 2.05) is 12.1 Å². The zero-order chi connectivity index (χ0) is 13.7. The van der Waals surface area contributed by atoms with E-state index < -0.39 is 0 Å². The molecular weight excluding hydrogens is 232 g/mol. The Kier molecular flexibility index (Phi) is 4.62. The second-order valence-electron chi connectivity index (χ2n) is 5.38. The van der Waals surface area contributed by atoms with Crippen molar-refractivity contribution >= 4 is 0 Å². The van der Waals surface area contributed by atoms with Crippen LogP contribution in [-0.4, -0.2) is 5.11 Å². The van der Waals surface area contributed by atoms with Gasteiger partial charge in [0.15, 0.2) is 0 Å². The van der Waals surface area contributed by atoms with Gasteiger partial charge in [-0.3, -0.25) is 0 Å². The highest BCUT2D eigenvalue weighted by Crippen LogP contribution is 2.28. The predicted molar refractivity (Wildman–Crippen MR) is 80.6 cm³/mol. The van der Waals surface area contributed by atoms with Gasteiger partial charge in [-0.1, -0.05) is 56.3 Å². The minimum Gasteiger partial charge on any atom is -0.508 e. The highest BCUT2D eigenvalue weighted by Gasteiger charge is 2.10. The summed E-state index contributed by atoms with van der Waals surface area (Å²) in [5, 5.41) is 9.31. The van der Waals surface area contributed by atoms with Crippen molar-refractivity contribution < 1.29 is 5.11 Å². The first kappa shape index (κ1) is 13.7. The fraction of sp³-hybridized carbons (Fsp3) is 0.333. The number of hydrogen-bond donors (Lipinski definition) is 1. The van der Waals surface area contributed by atoms with Gasteiger partial charge < -0.3 is 5.11 Å². The summed E-state index contributed by atoms with van der Waals surface area (Å²) < 4.78 is 0. The van der Waals surface area contributed by atoms with Crippen molar-refractivity contribution in [2.45, 2.75) is 38.5 Å².